The minimum Gasteiger partial charge on any atom is -0.497 e. The number of furan rings is 1. The van der Waals surface area contributed by atoms with E-state index in [2.05, 4.69) is 20.5 Å². The van der Waals surface area contributed by atoms with Gasteiger partial charge in [0, 0.05) is 16.9 Å². The first kappa shape index (κ1) is 20.2. The molecule has 0 radical (unpaired) electrons. The first-order valence-corrected chi connectivity index (χ1v) is 11.0. The van der Waals surface area contributed by atoms with Gasteiger partial charge in [-0.3, -0.25) is 9.89 Å². The molecule has 30 heavy (non-hydrogen) atoms. The third-order valence-corrected chi connectivity index (χ3v) is 6.58. The highest BCUT2D eigenvalue weighted by Crippen LogP contribution is 2.38. The van der Waals surface area contributed by atoms with Crippen molar-refractivity contribution in [2.45, 2.75) is 23.4 Å². The molecule has 4 aromatic rings. The number of thiophene rings is 1. The van der Waals surface area contributed by atoms with Gasteiger partial charge in [-0.05, 0) is 47.8 Å². The molecule has 4 rings (SSSR count). The standard InChI is InChI=1S/C21H20N4O3S2/c1-27-15-8-6-14(7-9-15)20-23-21(25-24-20)30-18(17-5-3-11-29-17)12-19(26)22-13-16-4-2-10-28-16/h2-11,18H,12-13H2,1H3,(H,22,26)(H,23,24,25)/t18-/m0/s1. The zero-order valence-corrected chi connectivity index (χ0v) is 17.8. The maximum Gasteiger partial charge on any atom is 0.221 e. The zero-order valence-electron chi connectivity index (χ0n) is 16.2. The number of aromatic nitrogens is 3. The Morgan fingerprint density at radius 1 is 1.27 bits per heavy atom. The smallest absolute Gasteiger partial charge is 0.221 e. The van der Waals surface area contributed by atoms with Crippen LogP contribution >= 0.6 is 23.1 Å². The number of aromatic amines is 1. The van der Waals surface area contributed by atoms with Gasteiger partial charge in [0.05, 0.1) is 25.2 Å². The summed E-state index contributed by atoms with van der Waals surface area (Å²) in [6.45, 7) is 0.371. The molecule has 0 unspecified atom stereocenters. The number of nitrogens with zero attached hydrogens (tertiary/aromatic N) is 2. The number of H-pyrrole nitrogens is 1. The number of nitrogens with one attached hydrogen (secondary N) is 2. The van der Waals surface area contributed by atoms with Gasteiger partial charge in [-0.2, -0.15) is 0 Å². The highest BCUT2D eigenvalue weighted by Gasteiger charge is 2.21. The molecule has 0 fully saturated rings. The zero-order chi connectivity index (χ0) is 20.8. The molecule has 3 heterocycles. The van der Waals surface area contributed by atoms with Gasteiger partial charge in [0.1, 0.15) is 11.5 Å². The monoisotopic (exact) mass is 440 g/mol. The lowest BCUT2D eigenvalue weighted by Crippen LogP contribution is -2.23. The lowest BCUT2D eigenvalue weighted by atomic mass is 10.2. The summed E-state index contributed by atoms with van der Waals surface area (Å²) in [6, 6.07) is 15.2. The van der Waals surface area contributed by atoms with Crippen LogP contribution in [0.5, 0.6) is 5.75 Å². The second-order valence-corrected chi connectivity index (χ2v) is 8.53. The summed E-state index contributed by atoms with van der Waals surface area (Å²) in [5.41, 5.74) is 0.916. The Balaban J connectivity index is 1.43. The van der Waals surface area contributed by atoms with Crippen molar-refractivity contribution in [3.8, 4) is 17.1 Å². The average molecular weight is 441 g/mol. The lowest BCUT2D eigenvalue weighted by molar-refractivity contribution is -0.121. The number of rotatable bonds is 9. The number of methoxy groups -OCH3 is 1. The Morgan fingerprint density at radius 3 is 2.83 bits per heavy atom. The van der Waals surface area contributed by atoms with Gasteiger partial charge in [-0.15, -0.1) is 16.4 Å². The second kappa shape index (κ2) is 9.64. The molecule has 0 spiro atoms. The third-order valence-electron chi connectivity index (χ3n) is 4.35. The number of hydrogen-bond acceptors (Lipinski definition) is 7. The van der Waals surface area contributed by atoms with E-state index in [0.717, 1.165) is 22.0 Å². The number of carbonyl (C=O) groups is 1. The van der Waals surface area contributed by atoms with Crippen molar-refractivity contribution in [1.82, 2.24) is 20.5 Å². The van der Waals surface area contributed by atoms with Crippen LogP contribution in [0.3, 0.4) is 0 Å². The van der Waals surface area contributed by atoms with Crippen molar-refractivity contribution in [2.75, 3.05) is 7.11 Å². The topological polar surface area (TPSA) is 93.0 Å². The molecule has 0 aliphatic heterocycles. The number of hydrogen-bond donors (Lipinski definition) is 2. The molecule has 154 valence electrons. The predicted octanol–water partition coefficient (Wildman–Crippen LogP) is 4.67. The van der Waals surface area contributed by atoms with Crippen LogP contribution in [0.25, 0.3) is 11.4 Å². The van der Waals surface area contributed by atoms with Crippen molar-refractivity contribution in [3.05, 3.63) is 70.8 Å². The molecule has 0 bridgehead atoms. The van der Waals surface area contributed by atoms with E-state index in [0.29, 0.717) is 23.9 Å². The summed E-state index contributed by atoms with van der Waals surface area (Å²) in [5.74, 6) is 2.13. The van der Waals surface area contributed by atoms with E-state index in [1.54, 1.807) is 30.8 Å². The molecule has 1 amide bonds. The van der Waals surface area contributed by atoms with Crippen LogP contribution in [-0.2, 0) is 11.3 Å². The molecule has 0 aliphatic rings. The normalized spacial score (nSPS) is 11.9. The summed E-state index contributed by atoms with van der Waals surface area (Å²) in [6.07, 6.45) is 1.91. The Bertz CT molecular complexity index is 1060. The van der Waals surface area contributed by atoms with Crippen molar-refractivity contribution in [2.24, 2.45) is 0 Å². The Kier molecular flexibility index (Phi) is 6.50. The van der Waals surface area contributed by atoms with Gasteiger partial charge in [-0.25, -0.2) is 4.98 Å². The lowest BCUT2D eigenvalue weighted by Gasteiger charge is -2.13. The van der Waals surface area contributed by atoms with Gasteiger partial charge in [0.2, 0.25) is 11.1 Å². The van der Waals surface area contributed by atoms with Crippen LogP contribution in [-0.4, -0.2) is 28.2 Å². The second-order valence-electron chi connectivity index (χ2n) is 6.38. The van der Waals surface area contributed by atoms with Crippen LogP contribution in [0.1, 0.15) is 22.3 Å². The summed E-state index contributed by atoms with van der Waals surface area (Å²) >= 11 is 3.09. The van der Waals surface area contributed by atoms with Crippen LogP contribution in [0, 0.1) is 0 Å². The van der Waals surface area contributed by atoms with Crippen molar-refractivity contribution >= 4 is 29.0 Å². The van der Waals surface area contributed by atoms with Crippen LogP contribution < -0.4 is 10.1 Å². The van der Waals surface area contributed by atoms with Crippen LogP contribution in [0.15, 0.2) is 69.7 Å². The predicted molar refractivity (Wildman–Crippen MR) is 116 cm³/mol. The van der Waals surface area contributed by atoms with Gasteiger partial charge in [0.25, 0.3) is 0 Å². The number of ether oxygens (including phenoxy) is 1. The highest BCUT2D eigenvalue weighted by atomic mass is 32.2. The minimum absolute atomic E-state index is 0.0526. The number of carbonyl (C=O) groups excluding carboxylic acids is 1. The Hall–Kier alpha value is -3.04. The Labute approximate surface area is 181 Å². The van der Waals surface area contributed by atoms with Crippen molar-refractivity contribution < 1.29 is 13.9 Å². The number of thioether (sulfide) groups is 1. The molecule has 2 N–H and O–H groups in total. The highest BCUT2D eigenvalue weighted by molar-refractivity contribution is 7.99. The molecule has 3 aromatic heterocycles. The van der Waals surface area contributed by atoms with Crippen LogP contribution in [0.2, 0.25) is 0 Å². The molecule has 7 nitrogen and oxygen atoms in total. The summed E-state index contributed by atoms with van der Waals surface area (Å²) in [5, 5.41) is 12.7. The molecule has 0 aliphatic carbocycles. The molecular weight excluding hydrogens is 420 g/mol. The van der Waals surface area contributed by atoms with E-state index in [-0.39, 0.29) is 11.2 Å². The van der Waals surface area contributed by atoms with Crippen molar-refractivity contribution in [3.63, 3.8) is 0 Å². The first-order valence-electron chi connectivity index (χ1n) is 9.27. The summed E-state index contributed by atoms with van der Waals surface area (Å²) in [7, 11) is 1.63. The van der Waals surface area contributed by atoms with Gasteiger partial charge in [-0.1, -0.05) is 17.8 Å². The minimum atomic E-state index is -0.0823. The summed E-state index contributed by atoms with van der Waals surface area (Å²) in [4.78, 5) is 18.2. The van der Waals surface area contributed by atoms with E-state index in [1.807, 2.05) is 47.8 Å². The Morgan fingerprint density at radius 2 is 2.13 bits per heavy atom. The first-order chi connectivity index (χ1) is 14.7. The molecule has 0 saturated carbocycles. The fourth-order valence-electron chi connectivity index (χ4n) is 2.82. The van der Waals surface area contributed by atoms with Gasteiger partial charge >= 0.3 is 0 Å². The van der Waals surface area contributed by atoms with Gasteiger partial charge < -0.3 is 14.5 Å². The third kappa shape index (κ3) is 5.11. The van der Waals surface area contributed by atoms with E-state index in [4.69, 9.17) is 9.15 Å². The molecule has 0 saturated heterocycles. The number of amides is 1. The summed E-state index contributed by atoms with van der Waals surface area (Å²) < 4.78 is 10.5. The molecule has 1 atom stereocenters. The van der Waals surface area contributed by atoms with E-state index in [9.17, 15) is 4.79 Å². The molecule has 1 aromatic carbocycles. The number of benzene rings is 1. The average Bonchev–Trinajstić information content (AvgIpc) is 3.55. The fraction of sp³-hybridized carbons (Fsp3) is 0.190. The fourth-order valence-corrected chi connectivity index (χ4v) is 4.76. The molecule has 9 heteroatoms. The van der Waals surface area contributed by atoms with E-state index in [1.165, 1.54) is 11.8 Å². The quantitative estimate of drug-likeness (QED) is 0.367. The molecular formula is C21H20N4O3S2. The van der Waals surface area contributed by atoms with E-state index < -0.39 is 0 Å². The van der Waals surface area contributed by atoms with Gasteiger partial charge in [0.15, 0.2) is 5.82 Å². The maximum absolute atomic E-state index is 12.5. The van der Waals surface area contributed by atoms with E-state index >= 15 is 0 Å². The largest absolute Gasteiger partial charge is 0.497 e. The van der Waals surface area contributed by atoms with Crippen molar-refractivity contribution in [1.29, 1.82) is 0 Å². The SMILES string of the molecule is COc1ccc(-c2nc(S[C@@H](CC(=O)NCc3ccco3)c3cccs3)n[nH]2)cc1. The maximum atomic E-state index is 12.5. The van der Waals surface area contributed by atoms with Crippen LogP contribution in [0.4, 0.5) is 0 Å².